The molecule has 23 heavy (non-hydrogen) atoms. The van der Waals surface area contributed by atoms with E-state index in [-0.39, 0.29) is 5.91 Å². The number of halogens is 1. The Balaban J connectivity index is 1.96. The Morgan fingerprint density at radius 3 is 2.96 bits per heavy atom. The molecule has 122 valence electrons. The van der Waals surface area contributed by atoms with Gasteiger partial charge in [-0.05, 0) is 44.0 Å². The zero-order valence-corrected chi connectivity index (χ0v) is 13.9. The lowest BCUT2D eigenvalue weighted by Crippen LogP contribution is -2.17. The summed E-state index contributed by atoms with van der Waals surface area (Å²) in [5, 5.41) is 5.30. The fourth-order valence-electron chi connectivity index (χ4n) is 2.20. The van der Waals surface area contributed by atoms with E-state index in [4.69, 9.17) is 17.3 Å². The third-order valence-electron chi connectivity index (χ3n) is 3.45. The molecule has 2 rings (SSSR count). The number of fused-ring (bicyclic) bond motifs is 1. The summed E-state index contributed by atoms with van der Waals surface area (Å²) in [6.07, 6.45) is 4.67. The van der Waals surface area contributed by atoms with E-state index in [1.165, 1.54) is 6.21 Å². The molecule has 5 nitrogen and oxygen atoms in total. The van der Waals surface area contributed by atoms with Gasteiger partial charge in [-0.15, -0.1) is 0 Å². The van der Waals surface area contributed by atoms with Crippen molar-refractivity contribution in [1.29, 1.82) is 0 Å². The summed E-state index contributed by atoms with van der Waals surface area (Å²) < 4.78 is 0. The van der Waals surface area contributed by atoms with Crippen LogP contribution in [0.4, 0.5) is 0 Å². The topological polar surface area (TPSA) is 80.4 Å². The number of amides is 1. The predicted molar refractivity (Wildman–Crippen MR) is 94.7 cm³/mol. The second kappa shape index (κ2) is 8.60. The fourth-order valence-corrected chi connectivity index (χ4v) is 2.39. The zero-order chi connectivity index (χ0) is 16.7. The summed E-state index contributed by atoms with van der Waals surface area (Å²) in [6.45, 7) is 2.67. The second-order valence-electron chi connectivity index (χ2n) is 5.46. The first kappa shape index (κ1) is 17.4. The highest BCUT2D eigenvalue weighted by Gasteiger charge is 2.04. The molecular weight excluding hydrogens is 312 g/mol. The number of hydrazone groups is 1. The first-order valence-electron chi connectivity index (χ1n) is 7.69. The quantitative estimate of drug-likeness (QED) is 0.354. The van der Waals surface area contributed by atoms with Crippen LogP contribution in [-0.2, 0) is 4.79 Å². The molecule has 0 aliphatic carbocycles. The van der Waals surface area contributed by atoms with Gasteiger partial charge in [-0.2, -0.15) is 5.10 Å². The summed E-state index contributed by atoms with van der Waals surface area (Å²) >= 11 is 6.16. The van der Waals surface area contributed by atoms with Crippen molar-refractivity contribution in [2.24, 2.45) is 10.8 Å². The highest BCUT2D eigenvalue weighted by molar-refractivity contribution is 6.32. The van der Waals surface area contributed by atoms with Crippen LogP contribution in [0.5, 0.6) is 0 Å². The molecule has 0 bridgehead atoms. The summed E-state index contributed by atoms with van der Waals surface area (Å²) in [7, 11) is 0. The van der Waals surface area contributed by atoms with Gasteiger partial charge < -0.3 is 5.73 Å². The van der Waals surface area contributed by atoms with Crippen LogP contribution < -0.4 is 11.2 Å². The zero-order valence-electron chi connectivity index (χ0n) is 13.2. The van der Waals surface area contributed by atoms with E-state index in [2.05, 4.69) is 15.5 Å². The number of nitrogens with one attached hydrogen (secondary N) is 1. The van der Waals surface area contributed by atoms with Gasteiger partial charge in [0.2, 0.25) is 5.91 Å². The molecule has 6 heteroatoms. The Hall–Kier alpha value is -1.98. The van der Waals surface area contributed by atoms with E-state index >= 15 is 0 Å². The highest BCUT2D eigenvalue weighted by atomic mass is 35.5. The average Bonchev–Trinajstić information content (AvgIpc) is 2.52. The van der Waals surface area contributed by atoms with Gasteiger partial charge in [-0.3, -0.25) is 4.79 Å². The van der Waals surface area contributed by atoms with Gasteiger partial charge in [0.15, 0.2) is 0 Å². The molecule has 0 saturated heterocycles. The van der Waals surface area contributed by atoms with Crippen LogP contribution in [0.1, 0.15) is 36.8 Å². The van der Waals surface area contributed by atoms with E-state index in [1.54, 1.807) is 0 Å². The first-order chi connectivity index (χ1) is 11.1. The molecule has 2 aromatic rings. The molecule has 1 heterocycles. The minimum atomic E-state index is -0.112. The molecule has 0 unspecified atom stereocenters. The number of hydrogen-bond acceptors (Lipinski definition) is 4. The lowest BCUT2D eigenvalue weighted by molar-refractivity contribution is -0.121. The minimum absolute atomic E-state index is 0.112. The molecule has 0 fully saturated rings. The number of carbonyl (C=O) groups is 1. The molecule has 0 spiro atoms. The maximum Gasteiger partial charge on any atom is 0.240 e. The lowest BCUT2D eigenvalue weighted by Gasteiger charge is -2.03. The van der Waals surface area contributed by atoms with Crippen molar-refractivity contribution >= 4 is 34.6 Å². The van der Waals surface area contributed by atoms with Gasteiger partial charge in [0.1, 0.15) is 5.15 Å². The van der Waals surface area contributed by atoms with Crippen LogP contribution >= 0.6 is 11.6 Å². The molecular formula is C17H21ClN4O. The van der Waals surface area contributed by atoms with Crippen LogP contribution in [0.15, 0.2) is 29.4 Å². The van der Waals surface area contributed by atoms with E-state index in [0.29, 0.717) is 23.7 Å². The third-order valence-corrected chi connectivity index (χ3v) is 3.76. The number of hydrogen-bond donors (Lipinski definition) is 2. The maximum absolute atomic E-state index is 11.6. The van der Waals surface area contributed by atoms with E-state index in [9.17, 15) is 4.79 Å². The van der Waals surface area contributed by atoms with Crippen molar-refractivity contribution in [2.75, 3.05) is 6.54 Å². The summed E-state index contributed by atoms with van der Waals surface area (Å²) in [4.78, 5) is 16.0. The lowest BCUT2D eigenvalue weighted by atomic mass is 10.1. The molecule has 1 amide bonds. The number of aryl methyl sites for hydroxylation is 1. The predicted octanol–water partition coefficient (Wildman–Crippen LogP) is 3.17. The van der Waals surface area contributed by atoms with E-state index in [0.717, 1.165) is 35.7 Å². The van der Waals surface area contributed by atoms with Crippen molar-refractivity contribution < 1.29 is 4.79 Å². The largest absolute Gasteiger partial charge is 0.330 e. The number of nitrogens with zero attached hydrogens (tertiary/aromatic N) is 2. The van der Waals surface area contributed by atoms with Gasteiger partial charge in [-0.25, -0.2) is 10.4 Å². The Labute approximate surface area is 140 Å². The summed E-state index contributed by atoms with van der Waals surface area (Å²) in [6, 6.07) is 7.88. The number of rotatable bonds is 7. The van der Waals surface area contributed by atoms with Gasteiger partial charge in [-0.1, -0.05) is 30.2 Å². The molecule has 0 atom stereocenters. The number of pyridine rings is 1. The highest BCUT2D eigenvalue weighted by Crippen LogP contribution is 2.20. The molecule has 0 aliphatic heterocycles. The van der Waals surface area contributed by atoms with Crippen LogP contribution in [0, 0.1) is 6.92 Å². The van der Waals surface area contributed by atoms with Gasteiger partial charge in [0.05, 0.1) is 11.7 Å². The maximum atomic E-state index is 11.6. The molecule has 0 radical (unpaired) electrons. The number of carbonyl (C=O) groups excluding carboxylic acids is 1. The smallest absolute Gasteiger partial charge is 0.240 e. The first-order valence-corrected chi connectivity index (χ1v) is 8.07. The minimum Gasteiger partial charge on any atom is -0.330 e. The van der Waals surface area contributed by atoms with Gasteiger partial charge >= 0.3 is 0 Å². The number of unbranched alkanes of at least 4 members (excludes halogenated alkanes) is 2. The molecule has 0 saturated carbocycles. The Morgan fingerprint density at radius 2 is 2.17 bits per heavy atom. The average molecular weight is 333 g/mol. The van der Waals surface area contributed by atoms with E-state index in [1.807, 2.05) is 31.2 Å². The van der Waals surface area contributed by atoms with Crippen LogP contribution in [-0.4, -0.2) is 23.7 Å². The summed E-state index contributed by atoms with van der Waals surface area (Å²) in [5.41, 5.74) is 10.6. The van der Waals surface area contributed by atoms with Crippen LogP contribution in [0.2, 0.25) is 5.15 Å². The Morgan fingerprint density at radius 1 is 1.35 bits per heavy atom. The van der Waals surface area contributed by atoms with Crippen molar-refractivity contribution in [3.63, 3.8) is 0 Å². The van der Waals surface area contributed by atoms with Crippen LogP contribution in [0.25, 0.3) is 10.9 Å². The molecule has 0 aliphatic rings. The fraction of sp³-hybridized carbons (Fsp3) is 0.353. The number of aromatic nitrogens is 1. The molecule has 1 aromatic carbocycles. The normalized spacial score (nSPS) is 11.3. The van der Waals surface area contributed by atoms with Crippen molar-refractivity contribution in [1.82, 2.24) is 10.4 Å². The monoisotopic (exact) mass is 332 g/mol. The Bertz CT molecular complexity index is 715. The van der Waals surface area contributed by atoms with Crippen molar-refractivity contribution in [2.45, 2.75) is 32.6 Å². The second-order valence-corrected chi connectivity index (χ2v) is 5.82. The SMILES string of the molecule is Cc1ccc2cc(/C=N\NC(=O)CCCCCN)c(Cl)nc2c1. The van der Waals surface area contributed by atoms with Crippen LogP contribution in [0.3, 0.4) is 0 Å². The van der Waals surface area contributed by atoms with Gasteiger partial charge in [0.25, 0.3) is 0 Å². The number of nitrogens with two attached hydrogens (primary N) is 1. The van der Waals surface area contributed by atoms with Crippen molar-refractivity contribution in [3.05, 3.63) is 40.5 Å². The Kier molecular flexibility index (Phi) is 6.50. The molecule has 1 aromatic heterocycles. The summed E-state index contributed by atoms with van der Waals surface area (Å²) in [5.74, 6) is -0.112. The molecule has 3 N–H and O–H groups in total. The van der Waals surface area contributed by atoms with Gasteiger partial charge in [0, 0.05) is 17.4 Å². The number of benzene rings is 1. The van der Waals surface area contributed by atoms with E-state index < -0.39 is 0 Å². The standard InChI is InChI=1S/C17H21ClN4O/c1-12-6-7-13-10-14(17(18)21-15(13)9-12)11-20-22-16(23)5-3-2-4-8-19/h6-7,9-11H,2-5,8,19H2,1H3,(H,22,23)/b20-11-. The van der Waals surface area contributed by atoms with Crippen molar-refractivity contribution in [3.8, 4) is 0 Å². The third kappa shape index (κ3) is 5.30.